The zero-order chi connectivity index (χ0) is 12.1. The van der Waals surface area contributed by atoms with Crippen LogP contribution >= 0.6 is 23.2 Å². The first-order valence-corrected chi connectivity index (χ1v) is 6.05. The van der Waals surface area contributed by atoms with Crippen LogP contribution in [0, 0.1) is 0 Å². The lowest BCUT2D eigenvalue weighted by Crippen LogP contribution is -2.30. The Morgan fingerprint density at radius 1 is 1.31 bits per heavy atom. The maximum Gasteiger partial charge on any atom is 0.0624 e. The monoisotopic (exact) mass is 261 g/mol. The highest BCUT2D eigenvalue weighted by Crippen LogP contribution is 2.21. The van der Waals surface area contributed by atoms with Crippen LogP contribution in [0.2, 0.25) is 10.0 Å². The van der Waals surface area contributed by atoms with E-state index in [1.165, 1.54) is 0 Å². The van der Waals surface area contributed by atoms with Gasteiger partial charge in [0.05, 0.1) is 12.7 Å². The lowest BCUT2D eigenvalue weighted by Gasteiger charge is -2.15. The Morgan fingerprint density at radius 2 is 2.00 bits per heavy atom. The molecule has 0 aliphatic carbocycles. The molecule has 1 aromatic rings. The van der Waals surface area contributed by atoms with Gasteiger partial charge in [-0.1, -0.05) is 23.2 Å². The van der Waals surface area contributed by atoms with Crippen molar-refractivity contribution in [1.82, 2.24) is 0 Å². The van der Waals surface area contributed by atoms with E-state index in [9.17, 15) is 0 Å². The van der Waals surface area contributed by atoms with E-state index in [0.717, 1.165) is 5.56 Å². The Labute approximate surface area is 107 Å². The molecule has 0 aliphatic heterocycles. The molecule has 16 heavy (non-hydrogen) atoms. The minimum atomic E-state index is -0.0571. The van der Waals surface area contributed by atoms with Crippen LogP contribution in [0.25, 0.3) is 0 Å². The second-order valence-electron chi connectivity index (χ2n) is 4.08. The fraction of sp³-hybridized carbons (Fsp3) is 0.500. The van der Waals surface area contributed by atoms with Gasteiger partial charge in [0.15, 0.2) is 0 Å². The Bertz CT molecular complexity index is 342. The summed E-state index contributed by atoms with van der Waals surface area (Å²) in [7, 11) is 0. The Hall–Kier alpha value is -0.280. The molecule has 1 aromatic carbocycles. The average molecular weight is 262 g/mol. The molecule has 0 heterocycles. The number of nitrogens with two attached hydrogens (primary N) is 1. The quantitative estimate of drug-likeness (QED) is 0.883. The number of rotatable bonds is 5. The van der Waals surface area contributed by atoms with Crippen molar-refractivity contribution in [3.63, 3.8) is 0 Å². The van der Waals surface area contributed by atoms with Gasteiger partial charge in [-0.25, -0.2) is 0 Å². The summed E-state index contributed by atoms with van der Waals surface area (Å²) < 4.78 is 5.44. The summed E-state index contributed by atoms with van der Waals surface area (Å²) in [4.78, 5) is 0. The van der Waals surface area contributed by atoms with Crippen LogP contribution in [0.3, 0.4) is 0 Å². The maximum atomic E-state index is 6.05. The van der Waals surface area contributed by atoms with Crippen molar-refractivity contribution in [2.24, 2.45) is 5.73 Å². The van der Waals surface area contributed by atoms with Crippen molar-refractivity contribution in [1.29, 1.82) is 0 Å². The van der Waals surface area contributed by atoms with Gasteiger partial charge >= 0.3 is 0 Å². The van der Waals surface area contributed by atoms with Crippen LogP contribution < -0.4 is 5.73 Å². The number of benzene rings is 1. The van der Waals surface area contributed by atoms with Gasteiger partial charge < -0.3 is 10.5 Å². The molecular formula is C12H17Cl2NO. The van der Waals surface area contributed by atoms with E-state index < -0.39 is 0 Å². The Kier molecular flexibility index (Phi) is 5.56. The summed E-state index contributed by atoms with van der Waals surface area (Å²) in [5.41, 5.74) is 6.91. The van der Waals surface area contributed by atoms with Gasteiger partial charge in [0.1, 0.15) is 0 Å². The summed E-state index contributed by atoms with van der Waals surface area (Å²) in [6, 6.07) is 5.34. The van der Waals surface area contributed by atoms with Gasteiger partial charge in [0.25, 0.3) is 0 Å². The SMILES string of the molecule is CC(C)OCC(N)Cc1cc(Cl)ccc1Cl. The molecule has 0 fully saturated rings. The van der Waals surface area contributed by atoms with Crippen LogP contribution in [0.5, 0.6) is 0 Å². The fourth-order valence-corrected chi connectivity index (χ4v) is 1.75. The number of hydrogen-bond acceptors (Lipinski definition) is 2. The smallest absolute Gasteiger partial charge is 0.0624 e. The van der Waals surface area contributed by atoms with Crippen molar-refractivity contribution in [3.8, 4) is 0 Å². The first-order valence-electron chi connectivity index (χ1n) is 5.30. The molecule has 0 aliphatic rings. The van der Waals surface area contributed by atoms with Crippen molar-refractivity contribution in [3.05, 3.63) is 33.8 Å². The van der Waals surface area contributed by atoms with E-state index in [0.29, 0.717) is 23.1 Å². The fourth-order valence-electron chi connectivity index (χ4n) is 1.36. The second kappa shape index (κ2) is 6.45. The first kappa shape index (κ1) is 13.8. The number of ether oxygens (including phenoxy) is 1. The van der Waals surface area contributed by atoms with Gasteiger partial charge in [-0.3, -0.25) is 0 Å². The largest absolute Gasteiger partial charge is 0.377 e. The van der Waals surface area contributed by atoms with Crippen LogP contribution in [-0.2, 0) is 11.2 Å². The van der Waals surface area contributed by atoms with E-state index in [1.54, 1.807) is 12.1 Å². The zero-order valence-corrected chi connectivity index (χ0v) is 11.1. The highest BCUT2D eigenvalue weighted by Gasteiger charge is 2.09. The molecular weight excluding hydrogens is 245 g/mol. The molecule has 0 spiro atoms. The highest BCUT2D eigenvalue weighted by atomic mass is 35.5. The number of halogens is 2. The van der Waals surface area contributed by atoms with E-state index >= 15 is 0 Å². The molecule has 0 radical (unpaired) electrons. The van der Waals surface area contributed by atoms with Crippen molar-refractivity contribution < 1.29 is 4.74 Å². The normalized spacial score (nSPS) is 13.1. The zero-order valence-electron chi connectivity index (χ0n) is 9.54. The minimum absolute atomic E-state index is 0.0571. The summed E-state index contributed by atoms with van der Waals surface area (Å²) in [5.74, 6) is 0. The Morgan fingerprint density at radius 3 is 2.62 bits per heavy atom. The standard InChI is InChI=1S/C12H17Cl2NO/c1-8(2)16-7-11(15)6-9-5-10(13)3-4-12(9)14/h3-5,8,11H,6-7,15H2,1-2H3. The predicted molar refractivity (Wildman–Crippen MR) is 69.2 cm³/mol. The molecule has 0 aromatic heterocycles. The summed E-state index contributed by atoms with van der Waals surface area (Å²) in [6.07, 6.45) is 0.868. The van der Waals surface area contributed by atoms with Gasteiger partial charge in [-0.15, -0.1) is 0 Å². The molecule has 1 unspecified atom stereocenters. The van der Waals surface area contributed by atoms with Crippen LogP contribution in [0.1, 0.15) is 19.4 Å². The molecule has 4 heteroatoms. The molecule has 0 bridgehead atoms. The lowest BCUT2D eigenvalue weighted by atomic mass is 10.1. The molecule has 0 amide bonds. The van der Waals surface area contributed by atoms with Crippen LogP contribution in [0.4, 0.5) is 0 Å². The van der Waals surface area contributed by atoms with E-state index in [-0.39, 0.29) is 12.1 Å². The third-order valence-corrected chi connectivity index (χ3v) is 2.74. The van der Waals surface area contributed by atoms with Gasteiger partial charge in [0, 0.05) is 16.1 Å². The number of hydrogen-bond donors (Lipinski definition) is 1. The van der Waals surface area contributed by atoms with E-state index in [4.69, 9.17) is 33.7 Å². The molecule has 2 nitrogen and oxygen atoms in total. The molecule has 1 rings (SSSR count). The summed E-state index contributed by atoms with van der Waals surface area (Å²) in [6.45, 7) is 4.50. The van der Waals surface area contributed by atoms with Crippen molar-refractivity contribution in [2.45, 2.75) is 32.4 Å². The average Bonchev–Trinajstić information content (AvgIpc) is 2.20. The van der Waals surface area contributed by atoms with Crippen molar-refractivity contribution >= 4 is 23.2 Å². The third-order valence-electron chi connectivity index (χ3n) is 2.13. The Balaban J connectivity index is 2.55. The summed E-state index contributed by atoms with van der Waals surface area (Å²) >= 11 is 11.9. The van der Waals surface area contributed by atoms with Gasteiger partial charge in [-0.05, 0) is 44.0 Å². The minimum Gasteiger partial charge on any atom is -0.377 e. The van der Waals surface area contributed by atoms with Crippen LogP contribution in [0.15, 0.2) is 18.2 Å². The van der Waals surface area contributed by atoms with Gasteiger partial charge in [0.2, 0.25) is 0 Å². The summed E-state index contributed by atoms with van der Waals surface area (Å²) in [5, 5.41) is 1.38. The van der Waals surface area contributed by atoms with E-state index in [2.05, 4.69) is 0 Å². The topological polar surface area (TPSA) is 35.2 Å². The first-order chi connectivity index (χ1) is 7.49. The van der Waals surface area contributed by atoms with Gasteiger partial charge in [-0.2, -0.15) is 0 Å². The molecule has 2 N–H and O–H groups in total. The highest BCUT2D eigenvalue weighted by molar-refractivity contribution is 6.33. The second-order valence-corrected chi connectivity index (χ2v) is 4.93. The third kappa shape index (κ3) is 4.71. The molecule has 0 saturated heterocycles. The van der Waals surface area contributed by atoms with Crippen molar-refractivity contribution in [2.75, 3.05) is 6.61 Å². The van der Waals surface area contributed by atoms with Crippen LogP contribution in [-0.4, -0.2) is 18.8 Å². The molecule has 1 atom stereocenters. The molecule has 90 valence electrons. The lowest BCUT2D eigenvalue weighted by molar-refractivity contribution is 0.0684. The predicted octanol–water partition coefficient (Wildman–Crippen LogP) is 3.29. The molecule has 0 saturated carbocycles. The van der Waals surface area contributed by atoms with E-state index in [1.807, 2.05) is 19.9 Å². The maximum absolute atomic E-state index is 6.05.